The van der Waals surface area contributed by atoms with Gasteiger partial charge in [-0.15, -0.1) is 6.42 Å². The molecule has 1 N–H and O–H groups in total. The standard InChI is InChI=1S/C15H19BrClN3O2/c1-5-10(15(21)22-7-3)13(8-16)19-12(6-2)14-11(17)9-18-20(14)4/h2,5,12,18H,7-9H2,1,3-4H3/b10-5+,19-13?. The number of likely N-dealkylation sites (N-methyl/N-ethyl adjacent to an activating group) is 1. The van der Waals surface area contributed by atoms with Crippen LogP contribution in [-0.2, 0) is 9.53 Å². The highest BCUT2D eigenvalue weighted by molar-refractivity contribution is 9.09. The number of nitrogens with zero attached hydrogens (tertiary/aromatic N) is 2. The summed E-state index contributed by atoms with van der Waals surface area (Å²) < 4.78 is 5.04. The molecule has 1 atom stereocenters. The number of allylic oxidation sites excluding steroid dienone is 1. The van der Waals surface area contributed by atoms with E-state index < -0.39 is 12.0 Å². The van der Waals surface area contributed by atoms with Gasteiger partial charge in [-0.2, -0.15) is 0 Å². The highest BCUT2D eigenvalue weighted by Crippen LogP contribution is 2.23. The van der Waals surface area contributed by atoms with Gasteiger partial charge >= 0.3 is 5.97 Å². The monoisotopic (exact) mass is 387 g/mol. The minimum Gasteiger partial charge on any atom is -0.462 e. The molecule has 22 heavy (non-hydrogen) atoms. The summed E-state index contributed by atoms with van der Waals surface area (Å²) in [6, 6.07) is -0.579. The molecule has 0 radical (unpaired) electrons. The average molecular weight is 389 g/mol. The van der Waals surface area contributed by atoms with Crippen LogP contribution in [0.1, 0.15) is 13.8 Å². The maximum Gasteiger partial charge on any atom is 0.339 e. The van der Waals surface area contributed by atoms with Crippen molar-refractivity contribution in [2.24, 2.45) is 4.99 Å². The van der Waals surface area contributed by atoms with E-state index >= 15 is 0 Å². The Kier molecular flexibility index (Phi) is 7.66. The van der Waals surface area contributed by atoms with Crippen molar-refractivity contribution in [1.29, 1.82) is 0 Å². The first kappa shape index (κ1) is 18.8. The Morgan fingerprint density at radius 1 is 1.73 bits per heavy atom. The fourth-order valence-corrected chi connectivity index (χ4v) is 2.73. The summed E-state index contributed by atoms with van der Waals surface area (Å²) in [7, 11) is 1.82. The van der Waals surface area contributed by atoms with E-state index in [0.717, 1.165) is 0 Å². The molecule has 0 spiro atoms. The Hall–Kier alpha value is -1.29. The summed E-state index contributed by atoms with van der Waals surface area (Å²) in [6.07, 6.45) is 7.27. The average Bonchev–Trinajstić information content (AvgIpc) is 2.83. The number of terminal acetylenes is 1. The SMILES string of the molecule is C#CC(N=C(CBr)/C(=C\C)C(=O)OCC)C1=C(Cl)CNN1C. The lowest BCUT2D eigenvalue weighted by atomic mass is 10.1. The number of hydrogen-bond acceptors (Lipinski definition) is 5. The van der Waals surface area contributed by atoms with Crippen LogP contribution >= 0.6 is 27.5 Å². The van der Waals surface area contributed by atoms with Crippen LogP contribution in [0.5, 0.6) is 0 Å². The normalized spacial score (nSPS) is 17.5. The summed E-state index contributed by atoms with van der Waals surface area (Å²) >= 11 is 9.54. The highest BCUT2D eigenvalue weighted by Gasteiger charge is 2.26. The summed E-state index contributed by atoms with van der Waals surface area (Å²) in [5, 5.41) is 2.74. The smallest absolute Gasteiger partial charge is 0.339 e. The highest BCUT2D eigenvalue weighted by atomic mass is 79.9. The van der Waals surface area contributed by atoms with Gasteiger partial charge in [0, 0.05) is 12.4 Å². The van der Waals surface area contributed by atoms with E-state index in [9.17, 15) is 4.79 Å². The van der Waals surface area contributed by atoms with E-state index in [1.807, 2.05) is 7.05 Å². The molecule has 1 aliphatic heterocycles. The lowest BCUT2D eigenvalue weighted by Crippen LogP contribution is -2.31. The van der Waals surface area contributed by atoms with Gasteiger partial charge in [-0.25, -0.2) is 10.2 Å². The molecule has 0 fully saturated rings. The third kappa shape index (κ3) is 4.35. The molecule has 0 saturated carbocycles. The number of alkyl halides is 1. The van der Waals surface area contributed by atoms with E-state index in [4.69, 9.17) is 22.8 Å². The maximum atomic E-state index is 12.0. The summed E-state index contributed by atoms with van der Waals surface area (Å²) in [5.74, 6) is 2.19. The molecule has 0 aromatic rings. The Labute approximate surface area is 144 Å². The van der Waals surface area contributed by atoms with Gasteiger partial charge in [-0.3, -0.25) is 4.99 Å². The van der Waals surface area contributed by atoms with Crippen LogP contribution in [-0.4, -0.2) is 48.3 Å². The van der Waals surface area contributed by atoms with Gasteiger partial charge in [-0.05, 0) is 13.8 Å². The Morgan fingerprint density at radius 3 is 2.82 bits per heavy atom. The lowest BCUT2D eigenvalue weighted by molar-refractivity contribution is -0.137. The lowest BCUT2D eigenvalue weighted by Gasteiger charge is -2.20. The second-order valence-corrected chi connectivity index (χ2v) is 5.40. The first-order valence-corrected chi connectivity index (χ1v) is 8.28. The number of esters is 1. The van der Waals surface area contributed by atoms with Gasteiger partial charge < -0.3 is 9.75 Å². The summed E-state index contributed by atoms with van der Waals surface area (Å²) in [5.41, 5.74) is 4.69. The van der Waals surface area contributed by atoms with Gasteiger partial charge in [0.05, 0.1) is 35.2 Å². The predicted molar refractivity (Wildman–Crippen MR) is 92.9 cm³/mol. The number of hydrazine groups is 1. The molecule has 1 rings (SSSR count). The van der Waals surface area contributed by atoms with Crippen molar-refractivity contribution in [2.75, 3.05) is 25.5 Å². The number of nitrogens with one attached hydrogen (secondary N) is 1. The van der Waals surface area contributed by atoms with Gasteiger partial charge in [0.1, 0.15) is 0 Å². The molecule has 1 unspecified atom stereocenters. The van der Waals surface area contributed by atoms with Crippen molar-refractivity contribution >= 4 is 39.2 Å². The second-order valence-electron chi connectivity index (χ2n) is 4.39. The fraction of sp³-hybridized carbons (Fsp3) is 0.467. The fourth-order valence-electron chi connectivity index (χ4n) is 2.00. The molecular weight excluding hydrogens is 370 g/mol. The third-order valence-corrected chi connectivity index (χ3v) is 3.89. The summed E-state index contributed by atoms with van der Waals surface area (Å²) in [4.78, 5) is 16.5. The first-order valence-electron chi connectivity index (χ1n) is 6.78. The minimum atomic E-state index is -0.579. The van der Waals surface area contributed by atoms with Crippen molar-refractivity contribution in [3.8, 4) is 12.3 Å². The van der Waals surface area contributed by atoms with Crippen LogP contribution in [0.4, 0.5) is 0 Å². The van der Waals surface area contributed by atoms with Crippen LogP contribution in [0.3, 0.4) is 0 Å². The number of aliphatic imine (C=N–C) groups is 1. The van der Waals surface area contributed by atoms with Crippen LogP contribution in [0.2, 0.25) is 0 Å². The predicted octanol–water partition coefficient (Wildman–Crippen LogP) is 2.23. The van der Waals surface area contributed by atoms with Crippen molar-refractivity contribution in [2.45, 2.75) is 19.9 Å². The van der Waals surface area contributed by atoms with Crippen molar-refractivity contribution in [1.82, 2.24) is 10.4 Å². The summed E-state index contributed by atoms with van der Waals surface area (Å²) in [6.45, 7) is 4.32. The molecule has 1 heterocycles. The van der Waals surface area contributed by atoms with Gasteiger partial charge in [0.25, 0.3) is 0 Å². The van der Waals surface area contributed by atoms with Crippen LogP contribution in [0.25, 0.3) is 0 Å². The molecule has 0 amide bonds. The molecular formula is C15H19BrClN3O2. The van der Waals surface area contributed by atoms with Crippen molar-refractivity contribution < 1.29 is 9.53 Å². The Bertz CT molecular complexity index is 564. The first-order chi connectivity index (χ1) is 10.5. The molecule has 0 aromatic carbocycles. The molecule has 7 heteroatoms. The zero-order valence-corrected chi connectivity index (χ0v) is 15.2. The Balaban J connectivity index is 3.16. The molecule has 0 bridgehead atoms. The van der Waals surface area contributed by atoms with Crippen LogP contribution in [0, 0.1) is 12.3 Å². The van der Waals surface area contributed by atoms with Crippen LogP contribution in [0.15, 0.2) is 27.4 Å². The van der Waals surface area contributed by atoms with Gasteiger partial charge in [0.15, 0.2) is 6.04 Å². The zero-order valence-electron chi connectivity index (χ0n) is 12.8. The van der Waals surface area contributed by atoms with Crippen molar-refractivity contribution in [3.63, 3.8) is 0 Å². The van der Waals surface area contributed by atoms with Gasteiger partial charge in [0.2, 0.25) is 0 Å². The number of halogens is 2. The molecule has 5 nitrogen and oxygen atoms in total. The van der Waals surface area contributed by atoms with E-state index in [-0.39, 0.29) is 0 Å². The molecule has 0 saturated heterocycles. The van der Waals surface area contributed by atoms with Gasteiger partial charge in [-0.1, -0.05) is 39.5 Å². The molecule has 0 aromatic heterocycles. The van der Waals surface area contributed by atoms with E-state index in [1.54, 1.807) is 24.9 Å². The number of hydrogen-bond donors (Lipinski definition) is 1. The van der Waals surface area contributed by atoms with Crippen LogP contribution < -0.4 is 5.43 Å². The topological polar surface area (TPSA) is 53.9 Å². The van der Waals surface area contributed by atoms with Crippen molar-refractivity contribution in [3.05, 3.63) is 22.4 Å². The second kappa shape index (κ2) is 8.99. The molecule has 0 aliphatic carbocycles. The van der Waals surface area contributed by atoms with E-state index in [0.29, 0.717) is 40.5 Å². The molecule has 1 aliphatic rings. The quantitative estimate of drug-likeness (QED) is 0.249. The third-order valence-electron chi connectivity index (χ3n) is 3.03. The number of carbonyl (C=O) groups excluding carboxylic acids is 1. The minimum absolute atomic E-state index is 0.300. The zero-order chi connectivity index (χ0) is 16.7. The number of ether oxygens (including phenoxy) is 1. The van der Waals surface area contributed by atoms with E-state index in [1.165, 1.54) is 0 Å². The van der Waals surface area contributed by atoms with E-state index in [2.05, 4.69) is 32.3 Å². The largest absolute Gasteiger partial charge is 0.462 e. The number of rotatable bonds is 6. The number of carbonyl (C=O) groups is 1. The molecule has 120 valence electrons. The maximum absolute atomic E-state index is 12.0. The Morgan fingerprint density at radius 2 is 2.41 bits per heavy atom.